The van der Waals surface area contributed by atoms with Crippen molar-refractivity contribution in [2.45, 2.75) is 52.9 Å². The molecule has 0 aliphatic rings. The highest BCUT2D eigenvalue weighted by molar-refractivity contribution is 6.31. The number of ether oxygens (including phenoxy) is 4. The van der Waals surface area contributed by atoms with Crippen LogP contribution in [0.3, 0.4) is 0 Å². The number of carbonyl (C=O) groups excluding carboxylic acids is 1. The van der Waals surface area contributed by atoms with Crippen LogP contribution in [0.2, 0.25) is 5.02 Å². The number of methoxy groups -OCH3 is 1. The summed E-state index contributed by atoms with van der Waals surface area (Å²) in [5.74, 6) is 2.14. The van der Waals surface area contributed by atoms with Gasteiger partial charge in [0.1, 0.15) is 29.6 Å². The van der Waals surface area contributed by atoms with Gasteiger partial charge in [0.15, 0.2) is 6.10 Å². The van der Waals surface area contributed by atoms with Crippen molar-refractivity contribution >= 4 is 17.6 Å². The predicted octanol–water partition coefficient (Wildman–Crippen LogP) is 5.79. The molecule has 7 nitrogen and oxygen atoms in total. The van der Waals surface area contributed by atoms with E-state index in [1.807, 2.05) is 58.0 Å². The van der Waals surface area contributed by atoms with E-state index in [0.29, 0.717) is 41.1 Å². The molecule has 0 spiro atoms. The minimum Gasteiger partial charge on any atom is -0.491 e. The number of rotatable bonds is 11. The van der Waals surface area contributed by atoms with Crippen molar-refractivity contribution in [3.63, 3.8) is 0 Å². The van der Waals surface area contributed by atoms with Crippen LogP contribution in [0.4, 0.5) is 0 Å². The zero-order valence-electron chi connectivity index (χ0n) is 20.1. The summed E-state index contributed by atoms with van der Waals surface area (Å²) < 4.78 is 27.7. The van der Waals surface area contributed by atoms with E-state index >= 15 is 0 Å². The maximum absolute atomic E-state index is 11.9. The van der Waals surface area contributed by atoms with E-state index in [1.54, 1.807) is 12.1 Å². The van der Waals surface area contributed by atoms with Crippen molar-refractivity contribution < 1.29 is 28.2 Å². The molecule has 1 heterocycles. The monoisotopic (exact) mass is 487 g/mol. The van der Waals surface area contributed by atoms with Crippen LogP contribution in [-0.2, 0) is 27.3 Å². The lowest BCUT2D eigenvalue weighted by atomic mass is 10.1. The summed E-state index contributed by atoms with van der Waals surface area (Å²) in [6.45, 7) is 8.26. The molecule has 0 fully saturated rings. The van der Waals surface area contributed by atoms with E-state index < -0.39 is 12.1 Å². The smallest absolute Gasteiger partial charge is 0.335 e. The standard InChI is InChI=1S/C26H30ClNO6/c1-6-31-24(26(29)30-5)13-19-9-12-21(14-22(19)27)32-15-23-17(4)34-25(28-23)18-7-10-20(11-8-18)33-16(2)3/h7-12,14,16,24H,6,13,15H2,1-5H3/t24-/m0/s1. The van der Waals surface area contributed by atoms with Crippen LogP contribution in [0.15, 0.2) is 46.9 Å². The Balaban J connectivity index is 1.65. The fourth-order valence-electron chi connectivity index (χ4n) is 3.31. The molecule has 1 aromatic heterocycles. The average molecular weight is 488 g/mol. The normalized spacial score (nSPS) is 12.0. The highest BCUT2D eigenvalue weighted by Gasteiger charge is 2.21. The van der Waals surface area contributed by atoms with Gasteiger partial charge in [0.25, 0.3) is 0 Å². The third kappa shape index (κ3) is 6.74. The summed E-state index contributed by atoms with van der Waals surface area (Å²) in [5, 5.41) is 0.479. The molecule has 0 radical (unpaired) electrons. The number of hydrogen-bond acceptors (Lipinski definition) is 7. The zero-order valence-corrected chi connectivity index (χ0v) is 20.8. The number of nitrogens with zero attached hydrogens (tertiary/aromatic N) is 1. The number of carbonyl (C=O) groups is 1. The number of halogens is 1. The maximum atomic E-state index is 11.9. The number of aryl methyl sites for hydroxylation is 1. The van der Waals surface area contributed by atoms with Gasteiger partial charge in [-0.15, -0.1) is 0 Å². The van der Waals surface area contributed by atoms with Crippen molar-refractivity contribution in [2.75, 3.05) is 13.7 Å². The first kappa shape index (κ1) is 25.6. The average Bonchev–Trinajstić information content (AvgIpc) is 3.18. The number of esters is 1. The fraction of sp³-hybridized carbons (Fsp3) is 0.385. The highest BCUT2D eigenvalue weighted by Crippen LogP contribution is 2.27. The van der Waals surface area contributed by atoms with Gasteiger partial charge in [0, 0.05) is 23.6 Å². The topological polar surface area (TPSA) is 80.0 Å². The molecule has 2 aromatic carbocycles. The van der Waals surface area contributed by atoms with E-state index in [0.717, 1.165) is 16.9 Å². The van der Waals surface area contributed by atoms with Crippen LogP contribution in [0.1, 0.15) is 37.8 Å². The molecule has 0 saturated carbocycles. The molecule has 0 aliphatic carbocycles. The van der Waals surface area contributed by atoms with E-state index in [2.05, 4.69) is 4.98 Å². The lowest BCUT2D eigenvalue weighted by molar-refractivity contribution is -0.153. The second-order valence-electron chi connectivity index (χ2n) is 7.93. The summed E-state index contributed by atoms with van der Waals surface area (Å²) >= 11 is 6.43. The van der Waals surface area contributed by atoms with Gasteiger partial charge in [-0.25, -0.2) is 9.78 Å². The summed E-state index contributed by atoms with van der Waals surface area (Å²) in [7, 11) is 1.33. The zero-order chi connectivity index (χ0) is 24.7. The molecule has 0 unspecified atom stereocenters. The number of benzene rings is 2. The molecule has 1 atom stereocenters. The van der Waals surface area contributed by atoms with Crippen molar-refractivity contribution in [2.24, 2.45) is 0 Å². The highest BCUT2D eigenvalue weighted by atomic mass is 35.5. The molecule has 0 aliphatic heterocycles. The molecule has 182 valence electrons. The molecular formula is C26H30ClNO6. The summed E-state index contributed by atoms with van der Waals surface area (Å²) in [6.07, 6.45) is -0.284. The molecular weight excluding hydrogens is 458 g/mol. The molecule has 0 saturated heterocycles. The third-order valence-electron chi connectivity index (χ3n) is 5.00. The van der Waals surface area contributed by atoms with Gasteiger partial charge in [-0.05, 0) is 69.7 Å². The van der Waals surface area contributed by atoms with Crippen LogP contribution in [0.25, 0.3) is 11.5 Å². The lowest BCUT2D eigenvalue weighted by Gasteiger charge is -2.16. The molecule has 0 bridgehead atoms. The van der Waals surface area contributed by atoms with Crippen molar-refractivity contribution in [3.8, 4) is 23.0 Å². The molecule has 0 N–H and O–H groups in total. The number of aromatic nitrogens is 1. The van der Waals surface area contributed by atoms with Gasteiger partial charge in [-0.1, -0.05) is 17.7 Å². The quantitative estimate of drug-likeness (QED) is 0.316. The predicted molar refractivity (Wildman–Crippen MR) is 129 cm³/mol. The first-order valence-corrected chi connectivity index (χ1v) is 11.5. The van der Waals surface area contributed by atoms with Crippen molar-refractivity contribution in [1.29, 1.82) is 0 Å². The van der Waals surface area contributed by atoms with Gasteiger partial charge < -0.3 is 23.4 Å². The van der Waals surface area contributed by atoms with Gasteiger partial charge >= 0.3 is 5.97 Å². The molecule has 8 heteroatoms. The second-order valence-corrected chi connectivity index (χ2v) is 8.33. The minimum atomic E-state index is -0.707. The Morgan fingerprint density at radius 1 is 1.12 bits per heavy atom. The molecule has 34 heavy (non-hydrogen) atoms. The van der Waals surface area contributed by atoms with Crippen LogP contribution in [-0.4, -0.2) is 36.9 Å². The van der Waals surface area contributed by atoms with Crippen molar-refractivity contribution in [3.05, 3.63) is 64.5 Å². The van der Waals surface area contributed by atoms with Gasteiger partial charge in [0.2, 0.25) is 5.89 Å². The Bertz CT molecular complexity index is 1090. The summed E-state index contributed by atoms with van der Waals surface area (Å²) in [5.41, 5.74) is 2.31. The Morgan fingerprint density at radius 3 is 2.44 bits per heavy atom. The Labute approximate surface area is 204 Å². The number of hydrogen-bond donors (Lipinski definition) is 0. The van der Waals surface area contributed by atoms with E-state index in [4.69, 9.17) is 35.0 Å². The summed E-state index contributed by atoms with van der Waals surface area (Å²) in [4.78, 5) is 16.5. The van der Waals surface area contributed by atoms with Gasteiger partial charge in [-0.2, -0.15) is 0 Å². The molecule has 3 rings (SSSR count). The van der Waals surface area contributed by atoms with E-state index in [9.17, 15) is 4.79 Å². The molecule has 0 amide bonds. The Kier molecular flexibility index (Phi) is 8.96. The summed E-state index contributed by atoms with van der Waals surface area (Å²) in [6, 6.07) is 12.9. The first-order valence-electron chi connectivity index (χ1n) is 11.1. The van der Waals surface area contributed by atoms with Gasteiger partial charge in [0.05, 0.1) is 13.2 Å². The van der Waals surface area contributed by atoms with Crippen molar-refractivity contribution in [1.82, 2.24) is 4.98 Å². The van der Waals surface area contributed by atoms with E-state index in [1.165, 1.54) is 7.11 Å². The van der Waals surface area contributed by atoms with Crippen LogP contribution >= 0.6 is 11.6 Å². The molecule has 3 aromatic rings. The maximum Gasteiger partial charge on any atom is 0.335 e. The van der Waals surface area contributed by atoms with Gasteiger partial charge in [-0.3, -0.25) is 0 Å². The van der Waals surface area contributed by atoms with Crippen LogP contribution in [0, 0.1) is 6.92 Å². The van der Waals surface area contributed by atoms with Crippen LogP contribution < -0.4 is 9.47 Å². The first-order chi connectivity index (χ1) is 16.3. The number of oxazole rings is 1. The SMILES string of the molecule is CCO[C@@H](Cc1ccc(OCc2nc(-c3ccc(OC(C)C)cc3)oc2C)cc1Cl)C(=O)OC. The minimum absolute atomic E-state index is 0.111. The largest absolute Gasteiger partial charge is 0.491 e. The van der Waals surface area contributed by atoms with Crippen LogP contribution in [0.5, 0.6) is 11.5 Å². The third-order valence-corrected chi connectivity index (χ3v) is 5.35. The Hall–Kier alpha value is -3.03. The lowest BCUT2D eigenvalue weighted by Crippen LogP contribution is -2.28. The fourth-order valence-corrected chi connectivity index (χ4v) is 3.56. The van der Waals surface area contributed by atoms with E-state index in [-0.39, 0.29) is 12.7 Å². The Morgan fingerprint density at radius 2 is 1.82 bits per heavy atom. The second kappa shape index (κ2) is 11.9.